The number of nitrogens with zero attached hydrogens (tertiary/aromatic N) is 1. The minimum Gasteiger partial charge on any atom is -0.368 e. The van der Waals surface area contributed by atoms with Gasteiger partial charge in [0.15, 0.2) is 12.3 Å². The molecule has 7 nitrogen and oxygen atoms in total. The largest absolute Gasteiger partial charge is 0.368 e. The van der Waals surface area contributed by atoms with Crippen molar-refractivity contribution in [3.63, 3.8) is 0 Å². The number of hydrogen-bond donors (Lipinski definition) is 2. The molecule has 1 aromatic rings. The molecule has 7 heteroatoms. The Morgan fingerprint density at radius 3 is 2.45 bits per heavy atom. The molecule has 0 spiro atoms. The highest BCUT2D eigenvalue weighted by atomic mass is 16.6. The number of carbonyl (C=O) groups is 3. The van der Waals surface area contributed by atoms with Crippen LogP contribution in [0.1, 0.15) is 29.3 Å². The number of allylic oxidation sites excluding steroid dienone is 4. The number of carbonyl (C=O) groups excluding carboxylic acids is 3. The summed E-state index contributed by atoms with van der Waals surface area (Å²) in [7, 11) is 2.57. The van der Waals surface area contributed by atoms with Crippen molar-refractivity contribution >= 4 is 18.1 Å². The maximum absolute atomic E-state index is 12.6. The molecule has 0 saturated heterocycles. The first-order valence-corrected chi connectivity index (χ1v) is 8.96. The molecule has 0 heterocycles. The number of benzene rings is 1. The van der Waals surface area contributed by atoms with E-state index in [0.29, 0.717) is 17.5 Å². The fraction of sp³-hybridized carbons (Fsp3) is 0.318. The van der Waals surface area contributed by atoms with E-state index in [-0.39, 0.29) is 0 Å². The molecule has 0 aromatic heterocycles. The zero-order chi connectivity index (χ0) is 21.6. The van der Waals surface area contributed by atoms with Crippen LogP contribution in [0.5, 0.6) is 0 Å². The molecular weight excluding hydrogens is 372 g/mol. The maximum atomic E-state index is 12.6. The van der Waals surface area contributed by atoms with Gasteiger partial charge in [0.2, 0.25) is 5.91 Å². The second-order valence-electron chi connectivity index (χ2n) is 7.04. The topological polar surface area (TPSA) is 110 Å². The van der Waals surface area contributed by atoms with Crippen molar-refractivity contribution in [1.29, 1.82) is 0 Å². The van der Waals surface area contributed by atoms with Crippen LogP contribution < -0.4 is 5.73 Å². The predicted molar refractivity (Wildman–Crippen MR) is 107 cm³/mol. The second-order valence-corrected chi connectivity index (χ2v) is 7.04. The molecule has 1 aliphatic rings. The van der Waals surface area contributed by atoms with Crippen molar-refractivity contribution in [3.05, 3.63) is 59.2 Å². The van der Waals surface area contributed by atoms with Crippen molar-refractivity contribution in [1.82, 2.24) is 4.90 Å². The number of amides is 2. The molecule has 3 atom stereocenters. The number of primary amides is 1. The number of likely N-dealkylation sites (N-methyl/N-ethyl adjacent to an activating group) is 1. The lowest BCUT2D eigenvalue weighted by molar-refractivity contribution is -0.146. The van der Waals surface area contributed by atoms with Gasteiger partial charge < -0.3 is 25.3 Å². The third-order valence-electron chi connectivity index (χ3n) is 4.70. The third kappa shape index (κ3) is 5.41. The number of rotatable bonds is 6. The van der Waals surface area contributed by atoms with Crippen LogP contribution in [0.2, 0.25) is 0 Å². The smallest absolute Gasteiger partial charge is 0.254 e. The Morgan fingerprint density at radius 2 is 1.97 bits per heavy atom. The van der Waals surface area contributed by atoms with Gasteiger partial charge in [0.05, 0.1) is 0 Å². The van der Waals surface area contributed by atoms with Crippen LogP contribution in [0.4, 0.5) is 0 Å². The van der Waals surface area contributed by atoms with Crippen molar-refractivity contribution < 1.29 is 24.2 Å². The zero-order valence-corrected chi connectivity index (χ0v) is 16.6. The van der Waals surface area contributed by atoms with Crippen molar-refractivity contribution in [2.24, 2.45) is 11.1 Å². The first-order valence-electron chi connectivity index (χ1n) is 8.96. The van der Waals surface area contributed by atoms with Gasteiger partial charge in [0.25, 0.3) is 5.91 Å². The molecule has 29 heavy (non-hydrogen) atoms. The molecular formula is C22H24N2O5. The summed E-state index contributed by atoms with van der Waals surface area (Å²) in [5, 5.41) is 9.78. The van der Waals surface area contributed by atoms with Crippen molar-refractivity contribution in [2.75, 3.05) is 14.2 Å². The van der Waals surface area contributed by atoms with Gasteiger partial charge in [-0.05, 0) is 43.7 Å². The molecule has 0 radical (unpaired) electrons. The summed E-state index contributed by atoms with van der Waals surface area (Å²) < 4.78 is 4.72. The zero-order valence-electron chi connectivity index (χ0n) is 16.6. The summed E-state index contributed by atoms with van der Waals surface area (Å²) in [4.78, 5) is 36.2. The van der Waals surface area contributed by atoms with E-state index in [2.05, 4.69) is 11.8 Å². The van der Waals surface area contributed by atoms with E-state index in [9.17, 15) is 19.5 Å². The van der Waals surface area contributed by atoms with E-state index in [1.807, 2.05) is 25.2 Å². The number of nitrogens with two attached hydrogens (primary N) is 1. The van der Waals surface area contributed by atoms with Crippen LogP contribution in [0.15, 0.2) is 48.1 Å². The van der Waals surface area contributed by atoms with E-state index in [0.717, 1.165) is 16.8 Å². The van der Waals surface area contributed by atoms with Gasteiger partial charge in [-0.3, -0.25) is 9.59 Å². The fourth-order valence-electron chi connectivity index (χ4n) is 2.75. The van der Waals surface area contributed by atoms with Crippen LogP contribution in [-0.2, 0) is 14.3 Å². The number of methoxy groups -OCH3 is 1. The van der Waals surface area contributed by atoms with Crippen molar-refractivity contribution in [2.45, 2.75) is 25.7 Å². The third-order valence-corrected chi connectivity index (χ3v) is 4.70. The number of aliphatic hydroxyl groups excluding tert-OH is 1. The molecule has 0 bridgehead atoms. The molecule has 152 valence electrons. The average molecular weight is 396 g/mol. The highest BCUT2D eigenvalue weighted by Gasteiger charge is 2.32. The molecule has 0 fully saturated rings. The van der Waals surface area contributed by atoms with Gasteiger partial charge in [-0.2, -0.15) is 0 Å². The van der Waals surface area contributed by atoms with Gasteiger partial charge >= 0.3 is 0 Å². The minimum absolute atomic E-state index is 0.311. The van der Waals surface area contributed by atoms with E-state index < -0.39 is 29.6 Å². The Kier molecular flexibility index (Phi) is 7.10. The highest BCUT2D eigenvalue weighted by Crippen LogP contribution is 2.26. The van der Waals surface area contributed by atoms with Gasteiger partial charge in [0, 0.05) is 36.3 Å². The molecule has 0 aliphatic heterocycles. The van der Waals surface area contributed by atoms with Gasteiger partial charge in [0.1, 0.15) is 6.29 Å². The SMILES string of the molecule is COC(O)C(C(N)=O)N(C)C(=O)c1ccc(C#CC2=CCC(C)(C=O)C=C2)cc1. The van der Waals surface area contributed by atoms with Gasteiger partial charge in [-0.15, -0.1) is 0 Å². The molecule has 3 N–H and O–H groups in total. The van der Waals surface area contributed by atoms with Crippen LogP contribution in [0.3, 0.4) is 0 Å². The Bertz CT molecular complexity index is 907. The van der Waals surface area contributed by atoms with Crippen LogP contribution in [0.25, 0.3) is 0 Å². The summed E-state index contributed by atoms with van der Waals surface area (Å²) in [6.07, 6.45) is 5.58. The lowest BCUT2D eigenvalue weighted by atomic mass is 9.83. The summed E-state index contributed by atoms with van der Waals surface area (Å²) in [5.74, 6) is 4.67. The second kappa shape index (κ2) is 9.32. The Morgan fingerprint density at radius 1 is 1.31 bits per heavy atom. The Labute approximate surface area is 169 Å². The van der Waals surface area contributed by atoms with E-state index in [1.165, 1.54) is 14.2 Å². The van der Waals surface area contributed by atoms with E-state index >= 15 is 0 Å². The lowest BCUT2D eigenvalue weighted by Gasteiger charge is -2.28. The first-order chi connectivity index (χ1) is 13.7. The highest BCUT2D eigenvalue weighted by molar-refractivity contribution is 5.97. The van der Waals surface area contributed by atoms with Gasteiger partial charge in [-0.25, -0.2) is 0 Å². The number of aldehydes is 1. The summed E-state index contributed by atoms with van der Waals surface area (Å²) in [6, 6.07) is 5.21. The Hall–Kier alpha value is -3.21. The quantitative estimate of drug-likeness (QED) is 0.424. The summed E-state index contributed by atoms with van der Waals surface area (Å²) in [5.41, 5.74) is 6.63. The fourth-order valence-corrected chi connectivity index (χ4v) is 2.75. The molecule has 1 aromatic carbocycles. The molecule has 1 aliphatic carbocycles. The summed E-state index contributed by atoms with van der Waals surface area (Å²) >= 11 is 0. The minimum atomic E-state index is -1.52. The summed E-state index contributed by atoms with van der Waals surface area (Å²) in [6.45, 7) is 1.86. The van der Waals surface area contributed by atoms with Crippen molar-refractivity contribution in [3.8, 4) is 11.8 Å². The van der Waals surface area contributed by atoms with Crippen LogP contribution in [-0.4, -0.2) is 54.6 Å². The van der Waals surface area contributed by atoms with Gasteiger partial charge in [-0.1, -0.05) is 24.0 Å². The van der Waals surface area contributed by atoms with Crippen LogP contribution in [0, 0.1) is 17.3 Å². The molecule has 2 rings (SSSR count). The lowest BCUT2D eigenvalue weighted by Crippen LogP contribution is -2.53. The Balaban J connectivity index is 2.11. The van der Waals surface area contributed by atoms with E-state index in [4.69, 9.17) is 10.5 Å². The standard InChI is InChI=1S/C22H24N2O5/c1-22(14-25)12-10-16(11-13-22)5-4-15-6-8-17(9-7-15)20(27)24(2)18(19(23)26)21(28)29-3/h6-12,14,18,21,28H,13H2,1-3H3,(H2,23,26). The monoisotopic (exact) mass is 396 g/mol. The molecule has 3 unspecified atom stereocenters. The molecule has 2 amide bonds. The number of aliphatic hydroxyl groups is 1. The van der Waals surface area contributed by atoms with E-state index in [1.54, 1.807) is 24.3 Å². The van der Waals surface area contributed by atoms with Crippen LogP contribution >= 0.6 is 0 Å². The first kappa shape index (κ1) is 22.1. The number of ether oxygens (including phenoxy) is 1. The normalized spacial score (nSPS) is 19.9. The predicted octanol–water partition coefficient (Wildman–Crippen LogP) is 1.02. The maximum Gasteiger partial charge on any atom is 0.254 e. The number of hydrogen-bond acceptors (Lipinski definition) is 5. The molecule has 0 saturated carbocycles. The average Bonchev–Trinajstić information content (AvgIpc) is 2.72.